The summed E-state index contributed by atoms with van der Waals surface area (Å²) in [6.07, 6.45) is 0. The van der Waals surface area contributed by atoms with E-state index in [0.717, 1.165) is 27.5 Å². The minimum Gasteiger partial charge on any atom is -0.423 e. The Bertz CT molecular complexity index is 1090. The van der Waals surface area contributed by atoms with Gasteiger partial charge in [-0.15, -0.1) is 0 Å². The minimum atomic E-state index is -0.379. The van der Waals surface area contributed by atoms with Crippen LogP contribution in [0.1, 0.15) is 22.7 Å². The molecule has 6 heteroatoms. The first-order chi connectivity index (χ1) is 12.6. The number of hydrogen-bond acceptors (Lipinski definition) is 5. The third kappa shape index (κ3) is 2.05. The second kappa shape index (κ2) is 5.51. The number of nitrogens with two attached hydrogens (primary N) is 1. The van der Waals surface area contributed by atoms with Crippen molar-refractivity contribution in [2.75, 3.05) is 0 Å². The summed E-state index contributed by atoms with van der Waals surface area (Å²) in [5.41, 5.74) is 10.6. The normalized spacial score (nSPS) is 18.0. The number of fused-ring (bicyclic) bond motifs is 5. The molecule has 2 N–H and O–H groups in total. The van der Waals surface area contributed by atoms with Gasteiger partial charge in [-0.2, -0.15) is 5.10 Å². The van der Waals surface area contributed by atoms with Gasteiger partial charge in [-0.05, 0) is 25.1 Å². The summed E-state index contributed by atoms with van der Waals surface area (Å²) in [6, 6.07) is 17.6. The van der Waals surface area contributed by atoms with Crippen LogP contribution in [0.15, 0.2) is 70.2 Å². The number of hydrogen-bond donors (Lipinski definition) is 1. The fraction of sp³-hybridized carbons (Fsp3) is 0.100. The Hall–Kier alpha value is -2.99. The van der Waals surface area contributed by atoms with Crippen molar-refractivity contribution in [1.29, 1.82) is 0 Å². The van der Waals surface area contributed by atoms with Gasteiger partial charge in [0.15, 0.2) is 0 Å². The number of esters is 1. The highest BCUT2D eigenvalue weighted by molar-refractivity contribution is 8.03. The van der Waals surface area contributed by atoms with E-state index in [1.165, 1.54) is 11.8 Å². The molecule has 0 spiro atoms. The summed E-state index contributed by atoms with van der Waals surface area (Å²) in [5, 5.41) is 6.17. The summed E-state index contributed by atoms with van der Waals surface area (Å²) < 4.78 is 7.41. The van der Waals surface area contributed by atoms with Gasteiger partial charge in [0, 0.05) is 11.1 Å². The van der Waals surface area contributed by atoms with Crippen LogP contribution in [-0.2, 0) is 4.79 Å². The minimum absolute atomic E-state index is 0.249. The van der Waals surface area contributed by atoms with Crippen molar-refractivity contribution >= 4 is 17.7 Å². The highest BCUT2D eigenvalue weighted by Crippen LogP contribution is 2.52. The molecule has 2 aromatic carbocycles. The van der Waals surface area contributed by atoms with E-state index in [-0.39, 0.29) is 11.9 Å². The largest absolute Gasteiger partial charge is 0.423 e. The first-order valence-corrected chi connectivity index (χ1v) is 9.10. The topological polar surface area (TPSA) is 70.1 Å². The molecule has 0 radical (unpaired) electrons. The molecule has 0 aliphatic carbocycles. The van der Waals surface area contributed by atoms with E-state index in [1.807, 2.05) is 66.2 Å². The SMILES string of the molecule is Cc1nn(-c2ccccc2)c2c1C1C(=C(N)S2)C(=O)Oc2ccccc21. The lowest BCUT2D eigenvalue weighted by Crippen LogP contribution is -2.29. The zero-order chi connectivity index (χ0) is 17.8. The molecule has 5 rings (SSSR count). The van der Waals surface area contributed by atoms with E-state index in [9.17, 15) is 4.79 Å². The van der Waals surface area contributed by atoms with Crippen LogP contribution in [0.5, 0.6) is 5.75 Å². The van der Waals surface area contributed by atoms with Crippen LogP contribution in [0.25, 0.3) is 5.69 Å². The standard InChI is InChI=1S/C20H15N3O2S/c1-11-15-16-13-9-5-6-10-14(13)25-20(24)17(16)18(21)26-19(15)23(22-11)12-7-3-2-4-8-12/h2-10,16H,21H2,1H3. The van der Waals surface area contributed by atoms with Gasteiger partial charge >= 0.3 is 5.97 Å². The number of carbonyl (C=O) groups is 1. The molecule has 1 atom stereocenters. The van der Waals surface area contributed by atoms with Crippen molar-refractivity contribution in [2.24, 2.45) is 5.73 Å². The number of aromatic nitrogens is 2. The second-order valence-electron chi connectivity index (χ2n) is 6.29. The van der Waals surface area contributed by atoms with E-state index in [4.69, 9.17) is 15.6 Å². The highest BCUT2D eigenvalue weighted by Gasteiger charge is 2.42. The van der Waals surface area contributed by atoms with E-state index < -0.39 is 0 Å². The predicted octanol–water partition coefficient (Wildman–Crippen LogP) is 3.51. The Balaban J connectivity index is 1.79. The van der Waals surface area contributed by atoms with E-state index in [2.05, 4.69) is 0 Å². The molecule has 5 nitrogen and oxygen atoms in total. The van der Waals surface area contributed by atoms with Gasteiger partial charge in [-0.25, -0.2) is 9.48 Å². The molecule has 0 saturated carbocycles. The monoisotopic (exact) mass is 361 g/mol. The number of para-hydroxylation sites is 2. The number of aryl methyl sites for hydroxylation is 1. The van der Waals surface area contributed by atoms with E-state index >= 15 is 0 Å². The average Bonchev–Trinajstić information content (AvgIpc) is 2.98. The van der Waals surface area contributed by atoms with Crippen molar-refractivity contribution in [3.05, 3.63) is 82.0 Å². The average molecular weight is 361 g/mol. The maximum atomic E-state index is 12.6. The summed E-state index contributed by atoms with van der Waals surface area (Å²) in [7, 11) is 0. The summed E-state index contributed by atoms with van der Waals surface area (Å²) >= 11 is 1.38. The van der Waals surface area contributed by atoms with Crippen molar-refractivity contribution in [3.63, 3.8) is 0 Å². The van der Waals surface area contributed by atoms with Crippen LogP contribution < -0.4 is 10.5 Å². The fourth-order valence-corrected chi connectivity index (χ4v) is 4.76. The molecule has 3 heterocycles. The number of benzene rings is 2. The fourth-order valence-electron chi connectivity index (χ4n) is 3.63. The van der Waals surface area contributed by atoms with Gasteiger partial charge in [-0.3, -0.25) is 0 Å². The molecule has 26 heavy (non-hydrogen) atoms. The van der Waals surface area contributed by atoms with Gasteiger partial charge < -0.3 is 10.5 Å². The lowest BCUT2D eigenvalue weighted by atomic mass is 9.83. The molecule has 2 aliphatic rings. The van der Waals surface area contributed by atoms with Gasteiger partial charge in [0.1, 0.15) is 10.8 Å². The third-order valence-corrected chi connectivity index (χ3v) is 5.79. The van der Waals surface area contributed by atoms with Crippen molar-refractivity contribution < 1.29 is 9.53 Å². The number of thioether (sulfide) groups is 1. The Labute approximate surface area is 154 Å². The Kier molecular flexibility index (Phi) is 3.24. The quantitative estimate of drug-likeness (QED) is 0.531. The number of carbonyl (C=O) groups excluding carboxylic acids is 1. The maximum absolute atomic E-state index is 12.6. The Morgan fingerprint density at radius 3 is 2.65 bits per heavy atom. The van der Waals surface area contributed by atoms with Crippen LogP contribution in [0.2, 0.25) is 0 Å². The molecule has 0 saturated heterocycles. The zero-order valence-electron chi connectivity index (χ0n) is 14.0. The van der Waals surface area contributed by atoms with Crippen LogP contribution >= 0.6 is 11.8 Å². The molecule has 3 aromatic rings. The summed E-state index contributed by atoms with van der Waals surface area (Å²) in [4.78, 5) is 12.6. The molecule has 0 amide bonds. The lowest BCUT2D eigenvalue weighted by Gasteiger charge is -2.31. The Morgan fingerprint density at radius 1 is 1.12 bits per heavy atom. The maximum Gasteiger partial charge on any atom is 0.343 e. The zero-order valence-corrected chi connectivity index (χ0v) is 14.8. The molecule has 0 bridgehead atoms. The van der Waals surface area contributed by atoms with Gasteiger partial charge in [0.25, 0.3) is 0 Å². The van der Waals surface area contributed by atoms with Crippen molar-refractivity contribution in [1.82, 2.24) is 9.78 Å². The smallest absolute Gasteiger partial charge is 0.343 e. The molecular weight excluding hydrogens is 346 g/mol. The predicted molar refractivity (Wildman–Crippen MR) is 99.3 cm³/mol. The third-order valence-electron chi connectivity index (χ3n) is 4.77. The van der Waals surface area contributed by atoms with Crippen LogP contribution in [0.3, 0.4) is 0 Å². The second-order valence-corrected chi connectivity index (χ2v) is 7.32. The number of nitrogens with zero attached hydrogens (tertiary/aromatic N) is 2. The first kappa shape index (κ1) is 15.3. The van der Waals surface area contributed by atoms with Gasteiger partial charge in [0.05, 0.1) is 27.9 Å². The van der Waals surface area contributed by atoms with Crippen molar-refractivity contribution in [3.8, 4) is 11.4 Å². The molecule has 0 fully saturated rings. The van der Waals surface area contributed by atoms with E-state index in [0.29, 0.717) is 16.4 Å². The van der Waals surface area contributed by atoms with Crippen LogP contribution in [0.4, 0.5) is 0 Å². The highest BCUT2D eigenvalue weighted by atomic mass is 32.2. The number of ether oxygens (including phenoxy) is 1. The number of rotatable bonds is 1. The molecular formula is C20H15N3O2S. The van der Waals surface area contributed by atoms with Crippen molar-refractivity contribution in [2.45, 2.75) is 17.9 Å². The lowest BCUT2D eigenvalue weighted by molar-refractivity contribution is -0.131. The Morgan fingerprint density at radius 2 is 1.85 bits per heavy atom. The van der Waals surface area contributed by atoms with E-state index in [1.54, 1.807) is 0 Å². The van der Waals surface area contributed by atoms with Crippen LogP contribution in [-0.4, -0.2) is 15.7 Å². The molecule has 2 aliphatic heterocycles. The molecule has 1 unspecified atom stereocenters. The van der Waals surface area contributed by atoms with Crippen LogP contribution in [0, 0.1) is 6.92 Å². The summed E-state index contributed by atoms with van der Waals surface area (Å²) in [5.74, 6) is -0.0406. The molecule has 128 valence electrons. The molecule has 1 aromatic heterocycles. The van der Waals surface area contributed by atoms with Gasteiger partial charge in [0.2, 0.25) is 0 Å². The first-order valence-electron chi connectivity index (χ1n) is 8.28. The summed E-state index contributed by atoms with van der Waals surface area (Å²) in [6.45, 7) is 1.97. The van der Waals surface area contributed by atoms with Gasteiger partial charge in [-0.1, -0.05) is 48.2 Å².